The molecule has 0 N–H and O–H groups in total. The maximum atomic E-state index is 12.9. The van der Waals surface area contributed by atoms with Crippen LogP contribution in [0.2, 0.25) is 0 Å². The van der Waals surface area contributed by atoms with Crippen LogP contribution in [0.25, 0.3) is 11.2 Å². The standard InChI is InChI=1S/C17H26N4O3/c1-5-7-9-19-15-14(21(11-18-15)12(3)13(4)22)16(23)20(17(19)24)10-8-6-2/h11-12H,5-10H2,1-4H3. The molecule has 7 heteroatoms. The monoisotopic (exact) mass is 334 g/mol. The molecule has 24 heavy (non-hydrogen) atoms. The highest BCUT2D eigenvalue weighted by molar-refractivity contribution is 5.82. The Morgan fingerprint density at radius 2 is 1.71 bits per heavy atom. The quantitative estimate of drug-likeness (QED) is 0.740. The Balaban J connectivity index is 2.77. The summed E-state index contributed by atoms with van der Waals surface area (Å²) in [6.45, 7) is 8.19. The van der Waals surface area contributed by atoms with Crippen LogP contribution in [0.4, 0.5) is 0 Å². The Bertz CT molecular complexity index is 844. The minimum atomic E-state index is -0.487. The molecule has 0 amide bonds. The fourth-order valence-corrected chi connectivity index (χ4v) is 2.73. The number of fused-ring (bicyclic) bond motifs is 1. The van der Waals surface area contributed by atoms with E-state index in [2.05, 4.69) is 4.98 Å². The van der Waals surface area contributed by atoms with E-state index in [1.165, 1.54) is 17.8 Å². The number of Topliss-reactive ketones (excluding diaryl/α,β-unsaturated/α-hetero) is 1. The fourth-order valence-electron chi connectivity index (χ4n) is 2.73. The van der Waals surface area contributed by atoms with Crippen molar-refractivity contribution in [2.24, 2.45) is 0 Å². The normalized spacial score (nSPS) is 12.7. The zero-order valence-corrected chi connectivity index (χ0v) is 14.9. The lowest BCUT2D eigenvalue weighted by Crippen LogP contribution is -2.41. The molecule has 0 aliphatic carbocycles. The highest BCUT2D eigenvalue weighted by Gasteiger charge is 2.21. The number of rotatable bonds is 8. The first-order chi connectivity index (χ1) is 11.4. The molecule has 1 unspecified atom stereocenters. The Morgan fingerprint density at radius 3 is 2.25 bits per heavy atom. The maximum Gasteiger partial charge on any atom is 0.332 e. The topological polar surface area (TPSA) is 78.9 Å². The van der Waals surface area contributed by atoms with Crippen molar-refractivity contribution >= 4 is 16.9 Å². The molecule has 0 saturated heterocycles. The van der Waals surface area contributed by atoms with Gasteiger partial charge in [0.25, 0.3) is 5.56 Å². The fraction of sp³-hybridized carbons (Fsp3) is 0.647. The molecule has 0 bridgehead atoms. The summed E-state index contributed by atoms with van der Waals surface area (Å²) in [7, 11) is 0. The van der Waals surface area contributed by atoms with Gasteiger partial charge < -0.3 is 4.57 Å². The highest BCUT2D eigenvalue weighted by Crippen LogP contribution is 2.15. The molecular formula is C17H26N4O3. The van der Waals surface area contributed by atoms with Crippen molar-refractivity contribution in [1.29, 1.82) is 0 Å². The molecule has 2 heterocycles. The van der Waals surface area contributed by atoms with Crippen LogP contribution in [-0.2, 0) is 17.9 Å². The first kappa shape index (κ1) is 18.2. The van der Waals surface area contributed by atoms with Crippen molar-refractivity contribution in [2.45, 2.75) is 72.5 Å². The highest BCUT2D eigenvalue weighted by atomic mass is 16.2. The molecule has 0 aromatic carbocycles. The van der Waals surface area contributed by atoms with Gasteiger partial charge in [0.05, 0.1) is 12.4 Å². The summed E-state index contributed by atoms with van der Waals surface area (Å²) in [5, 5.41) is 0. The van der Waals surface area contributed by atoms with E-state index in [1.54, 1.807) is 16.1 Å². The molecule has 7 nitrogen and oxygen atoms in total. The number of hydrogen-bond acceptors (Lipinski definition) is 4. The average molecular weight is 334 g/mol. The number of carbonyl (C=O) groups excluding carboxylic acids is 1. The van der Waals surface area contributed by atoms with Gasteiger partial charge in [-0.2, -0.15) is 0 Å². The number of aromatic nitrogens is 4. The van der Waals surface area contributed by atoms with Gasteiger partial charge in [-0.3, -0.25) is 18.7 Å². The Kier molecular flexibility index (Phi) is 5.75. The largest absolute Gasteiger partial charge is 0.332 e. The molecular weight excluding hydrogens is 308 g/mol. The van der Waals surface area contributed by atoms with Crippen molar-refractivity contribution in [1.82, 2.24) is 18.7 Å². The third kappa shape index (κ3) is 3.20. The van der Waals surface area contributed by atoms with Crippen molar-refractivity contribution in [2.75, 3.05) is 0 Å². The molecule has 0 spiro atoms. The third-order valence-electron chi connectivity index (χ3n) is 4.42. The molecule has 0 fully saturated rings. The predicted molar refractivity (Wildman–Crippen MR) is 93.5 cm³/mol. The predicted octanol–water partition coefficient (Wildman–Crippen LogP) is 2.11. The molecule has 0 saturated carbocycles. The van der Waals surface area contributed by atoms with Gasteiger partial charge in [-0.25, -0.2) is 9.78 Å². The zero-order valence-electron chi connectivity index (χ0n) is 14.9. The minimum Gasteiger partial charge on any atom is -0.314 e. The van der Waals surface area contributed by atoms with Crippen molar-refractivity contribution in [3.05, 3.63) is 27.2 Å². The Morgan fingerprint density at radius 1 is 1.12 bits per heavy atom. The van der Waals surface area contributed by atoms with E-state index in [0.717, 1.165) is 25.7 Å². The van der Waals surface area contributed by atoms with Crippen molar-refractivity contribution in [3.63, 3.8) is 0 Å². The zero-order chi connectivity index (χ0) is 17.9. The van der Waals surface area contributed by atoms with Gasteiger partial charge >= 0.3 is 5.69 Å². The first-order valence-corrected chi connectivity index (χ1v) is 8.64. The molecule has 132 valence electrons. The summed E-state index contributed by atoms with van der Waals surface area (Å²) in [6.07, 6.45) is 4.90. The number of imidazole rings is 1. The summed E-state index contributed by atoms with van der Waals surface area (Å²) < 4.78 is 4.44. The van der Waals surface area contributed by atoms with Crippen molar-refractivity contribution in [3.8, 4) is 0 Å². The molecule has 2 aromatic heterocycles. The molecule has 0 aliphatic rings. The number of hydrogen-bond donors (Lipinski definition) is 0. The number of unbranched alkanes of at least 4 members (excludes halogenated alkanes) is 2. The molecule has 0 radical (unpaired) electrons. The van der Waals surface area contributed by atoms with E-state index in [4.69, 9.17) is 0 Å². The summed E-state index contributed by atoms with van der Waals surface area (Å²) in [5.74, 6) is -0.0554. The van der Waals surface area contributed by atoms with Crippen molar-refractivity contribution < 1.29 is 4.79 Å². The summed E-state index contributed by atoms with van der Waals surface area (Å²) >= 11 is 0. The van der Waals surface area contributed by atoms with Gasteiger partial charge in [0, 0.05) is 13.1 Å². The van der Waals surface area contributed by atoms with E-state index in [0.29, 0.717) is 24.3 Å². The van der Waals surface area contributed by atoms with Crippen LogP contribution in [0.15, 0.2) is 15.9 Å². The SMILES string of the molecule is CCCCn1c(=O)c2c(ncn2C(C)C(C)=O)n(CCCC)c1=O. The van der Waals surface area contributed by atoms with E-state index < -0.39 is 6.04 Å². The maximum absolute atomic E-state index is 12.9. The number of nitrogens with zero attached hydrogens (tertiary/aromatic N) is 4. The Hall–Kier alpha value is -2.18. The van der Waals surface area contributed by atoms with Gasteiger partial charge in [-0.1, -0.05) is 26.7 Å². The summed E-state index contributed by atoms with van der Waals surface area (Å²) in [4.78, 5) is 41.6. The molecule has 0 aliphatic heterocycles. The summed E-state index contributed by atoms with van der Waals surface area (Å²) in [6, 6.07) is -0.487. The van der Waals surface area contributed by atoms with Crippen LogP contribution in [0.3, 0.4) is 0 Å². The van der Waals surface area contributed by atoms with Crippen LogP contribution in [0.5, 0.6) is 0 Å². The second-order valence-corrected chi connectivity index (χ2v) is 6.21. The number of carbonyl (C=O) groups is 1. The van der Waals surface area contributed by atoms with Crippen LogP contribution >= 0.6 is 0 Å². The lowest BCUT2D eigenvalue weighted by molar-refractivity contribution is -0.119. The lowest BCUT2D eigenvalue weighted by atomic mass is 10.2. The summed E-state index contributed by atoms with van der Waals surface area (Å²) in [5.41, 5.74) is 0.0423. The third-order valence-corrected chi connectivity index (χ3v) is 4.42. The van der Waals surface area contributed by atoms with E-state index >= 15 is 0 Å². The Labute approximate surface area is 140 Å². The molecule has 2 aromatic rings. The van der Waals surface area contributed by atoms with Gasteiger partial charge in [-0.15, -0.1) is 0 Å². The van der Waals surface area contributed by atoms with E-state index in [9.17, 15) is 14.4 Å². The lowest BCUT2D eigenvalue weighted by Gasteiger charge is -2.14. The first-order valence-electron chi connectivity index (χ1n) is 8.64. The van der Waals surface area contributed by atoms with E-state index in [1.807, 2.05) is 13.8 Å². The second kappa shape index (κ2) is 7.59. The molecule has 1 atom stereocenters. The van der Waals surface area contributed by atoms with Gasteiger partial charge in [0.1, 0.15) is 0 Å². The smallest absolute Gasteiger partial charge is 0.314 e. The van der Waals surface area contributed by atoms with Gasteiger partial charge in [0.2, 0.25) is 0 Å². The van der Waals surface area contributed by atoms with Crippen LogP contribution in [-0.4, -0.2) is 24.5 Å². The van der Waals surface area contributed by atoms with Crippen LogP contribution in [0.1, 0.15) is 59.4 Å². The van der Waals surface area contributed by atoms with Crippen LogP contribution < -0.4 is 11.2 Å². The number of ketones is 1. The van der Waals surface area contributed by atoms with Gasteiger partial charge in [-0.05, 0) is 26.7 Å². The minimum absolute atomic E-state index is 0.0554. The number of aryl methyl sites for hydroxylation is 1. The average Bonchev–Trinajstić information content (AvgIpc) is 2.98. The van der Waals surface area contributed by atoms with Gasteiger partial charge in [0.15, 0.2) is 16.9 Å². The molecule has 2 rings (SSSR count). The second-order valence-electron chi connectivity index (χ2n) is 6.21. The van der Waals surface area contributed by atoms with E-state index in [-0.39, 0.29) is 17.0 Å². The van der Waals surface area contributed by atoms with Crippen LogP contribution in [0, 0.1) is 0 Å².